The number of halogens is 1. The van der Waals surface area contributed by atoms with Gasteiger partial charge in [-0.05, 0) is 68.7 Å². The molecule has 1 saturated carbocycles. The van der Waals surface area contributed by atoms with Crippen molar-refractivity contribution in [2.24, 2.45) is 10.7 Å². The molecule has 1 atom stereocenters. The van der Waals surface area contributed by atoms with Crippen molar-refractivity contribution in [1.82, 2.24) is 14.8 Å². The summed E-state index contributed by atoms with van der Waals surface area (Å²) >= 11 is 0. The second-order valence-electron chi connectivity index (χ2n) is 8.51. The number of nitrogens with two attached hydrogens (primary N) is 1. The topological polar surface area (TPSA) is 57.8 Å². The van der Waals surface area contributed by atoms with Gasteiger partial charge in [-0.25, -0.2) is 9.38 Å². The van der Waals surface area contributed by atoms with Crippen LogP contribution < -0.4 is 5.73 Å². The fraction of sp³-hybridized carbons (Fsp3) is 0.478. The number of allylic oxidation sites excluding steroid dienone is 2. The average molecular weight is 396 g/mol. The molecule has 6 heteroatoms. The minimum atomic E-state index is -0.284. The lowest BCUT2D eigenvalue weighted by atomic mass is 9.98. The molecule has 0 radical (unpaired) electrons. The number of aliphatic imine (C=N–C) groups is 1. The summed E-state index contributed by atoms with van der Waals surface area (Å²) in [6.45, 7) is 6.78. The highest BCUT2D eigenvalue weighted by Gasteiger charge is 2.38. The second kappa shape index (κ2) is 7.75. The Morgan fingerprint density at radius 2 is 2.24 bits per heavy atom. The zero-order valence-electron chi connectivity index (χ0n) is 17.4. The Hall–Kier alpha value is -2.47. The molecule has 0 aromatic carbocycles. The predicted octanol–water partition coefficient (Wildman–Crippen LogP) is 4.06. The zero-order valence-corrected chi connectivity index (χ0v) is 17.4. The maximum absolute atomic E-state index is 14.1. The van der Waals surface area contributed by atoms with Gasteiger partial charge in [-0.15, -0.1) is 0 Å². The summed E-state index contributed by atoms with van der Waals surface area (Å²) in [5.74, 6) is 1.52. The number of aryl methyl sites for hydroxylation is 1. The summed E-state index contributed by atoms with van der Waals surface area (Å²) in [5.41, 5.74) is 9.22. The summed E-state index contributed by atoms with van der Waals surface area (Å²) in [6.07, 6.45) is 13.1. The van der Waals surface area contributed by atoms with Crippen LogP contribution in [0, 0.1) is 5.82 Å². The van der Waals surface area contributed by atoms with Crippen molar-refractivity contribution in [3.05, 3.63) is 65.7 Å². The number of nitrogens with zero attached hydrogens (tertiary/aromatic N) is 4. The maximum atomic E-state index is 14.1. The summed E-state index contributed by atoms with van der Waals surface area (Å²) in [4.78, 5) is 13.6. The third kappa shape index (κ3) is 4.13. The molecular weight excluding hydrogens is 365 g/mol. The fourth-order valence-corrected chi connectivity index (χ4v) is 4.21. The molecule has 2 fully saturated rings. The number of pyridine rings is 1. The second-order valence-corrected chi connectivity index (χ2v) is 8.51. The highest BCUT2D eigenvalue weighted by Crippen LogP contribution is 2.39. The van der Waals surface area contributed by atoms with E-state index in [0.717, 1.165) is 73.6 Å². The van der Waals surface area contributed by atoms with Crippen molar-refractivity contribution in [3.8, 4) is 0 Å². The Bertz CT molecular complexity index is 897. The van der Waals surface area contributed by atoms with Crippen LogP contribution in [0.1, 0.15) is 56.3 Å². The van der Waals surface area contributed by atoms with Crippen LogP contribution in [0.3, 0.4) is 0 Å². The van der Waals surface area contributed by atoms with Crippen LogP contribution >= 0.6 is 0 Å². The minimum absolute atomic E-state index is 0.0363. The summed E-state index contributed by atoms with van der Waals surface area (Å²) in [7, 11) is 1.98. The highest BCUT2D eigenvalue weighted by molar-refractivity contribution is 5.95. The Morgan fingerprint density at radius 3 is 2.97 bits per heavy atom. The molecule has 1 saturated heterocycles. The third-order valence-electron chi connectivity index (χ3n) is 6.29. The first kappa shape index (κ1) is 19.8. The minimum Gasteiger partial charge on any atom is -0.349 e. The van der Waals surface area contributed by atoms with Crippen LogP contribution in [0.25, 0.3) is 0 Å². The molecule has 3 heterocycles. The van der Waals surface area contributed by atoms with Crippen molar-refractivity contribution in [3.63, 3.8) is 0 Å². The predicted molar refractivity (Wildman–Crippen MR) is 115 cm³/mol. The third-order valence-corrected chi connectivity index (χ3v) is 6.29. The molecule has 154 valence electrons. The Labute approximate surface area is 172 Å². The number of hydrogen-bond donors (Lipinski definition) is 1. The van der Waals surface area contributed by atoms with E-state index in [9.17, 15) is 4.39 Å². The van der Waals surface area contributed by atoms with Gasteiger partial charge in [0.2, 0.25) is 0 Å². The van der Waals surface area contributed by atoms with Crippen molar-refractivity contribution in [2.75, 3.05) is 13.6 Å². The van der Waals surface area contributed by atoms with Crippen molar-refractivity contribution in [1.29, 1.82) is 0 Å². The lowest BCUT2D eigenvalue weighted by Gasteiger charge is -2.31. The van der Waals surface area contributed by atoms with Crippen LogP contribution in [-0.4, -0.2) is 39.8 Å². The van der Waals surface area contributed by atoms with Gasteiger partial charge in [0, 0.05) is 31.0 Å². The first-order valence-electron chi connectivity index (χ1n) is 10.4. The molecule has 2 aliphatic heterocycles. The lowest BCUT2D eigenvalue weighted by Crippen LogP contribution is -2.33. The molecule has 4 rings (SSSR count). The molecule has 0 amide bonds. The molecule has 1 aromatic heterocycles. The van der Waals surface area contributed by atoms with Gasteiger partial charge in [-0.1, -0.05) is 12.7 Å². The van der Waals surface area contributed by atoms with Gasteiger partial charge in [0.25, 0.3) is 0 Å². The average Bonchev–Trinajstić information content (AvgIpc) is 3.25. The van der Waals surface area contributed by atoms with Gasteiger partial charge in [-0.2, -0.15) is 0 Å². The largest absolute Gasteiger partial charge is 0.349 e. The van der Waals surface area contributed by atoms with Gasteiger partial charge in [0.1, 0.15) is 17.5 Å². The molecule has 29 heavy (non-hydrogen) atoms. The first-order chi connectivity index (χ1) is 13.9. The molecule has 5 nitrogen and oxygen atoms in total. The molecule has 2 N–H and O–H groups in total. The highest BCUT2D eigenvalue weighted by atomic mass is 19.1. The SMILES string of the molecule is C=C/C(C)=C1/N=C(N2CCCC2c2cc(F)cnc2CCC2(N)CC2)C=CN1C. The van der Waals surface area contributed by atoms with Gasteiger partial charge >= 0.3 is 0 Å². The zero-order chi connectivity index (χ0) is 20.6. The quantitative estimate of drug-likeness (QED) is 0.817. The maximum Gasteiger partial charge on any atom is 0.141 e. The molecule has 3 aliphatic rings. The van der Waals surface area contributed by atoms with Crippen molar-refractivity contribution >= 4 is 5.84 Å². The van der Waals surface area contributed by atoms with E-state index in [-0.39, 0.29) is 17.4 Å². The number of rotatable bonds is 5. The van der Waals surface area contributed by atoms with E-state index in [4.69, 9.17) is 10.7 Å². The van der Waals surface area contributed by atoms with Crippen LogP contribution in [0.15, 0.2) is 53.6 Å². The van der Waals surface area contributed by atoms with Crippen molar-refractivity contribution in [2.45, 2.75) is 57.0 Å². The monoisotopic (exact) mass is 395 g/mol. The summed E-state index contributed by atoms with van der Waals surface area (Å²) < 4.78 is 14.1. The van der Waals surface area contributed by atoms with E-state index in [0.29, 0.717) is 0 Å². The van der Waals surface area contributed by atoms with Crippen LogP contribution in [0.2, 0.25) is 0 Å². The van der Waals surface area contributed by atoms with E-state index in [2.05, 4.69) is 16.5 Å². The lowest BCUT2D eigenvalue weighted by molar-refractivity contribution is 0.390. The van der Waals surface area contributed by atoms with Gasteiger partial charge in [0.05, 0.1) is 12.2 Å². The van der Waals surface area contributed by atoms with E-state index < -0.39 is 0 Å². The van der Waals surface area contributed by atoms with E-state index >= 15 is 0 Å². The van der Waals surface area contributed by atoms with Gasteiger partial charge in [-0.3, -0.25) is 4.98 Å². The van der Waals surface area contributed by atoms with Gasteiger partial charge < -0.3 is 15.5 Å². The fourth-order valence-electron chi connectivity index (χ4n) is 4.21. The molecule has 1 aromatic rings. The molecule has 0 spiro atoms. The van der Waals surface area contributed by atoms with Gasteiger partial charge in [0.15, 0.2) is 0 Å². The Balaban J connectivity index is 1.64. The number of hydrogen-bond acceptors (Lipinski definition) is 5. The van der Waals surface area contributed by atoms with Crippen LogP contribution in [0.4, 0.5) is 4.39 Å². The molecule has 1 aliphatic carbocycles. The normalized spacial score (nSPS) is 24.6. The Kier molecular flexibility index (Phi) is 5.30. The Morgan fingerprint density at radius 1 is 1.45 bits per heavy atom. The van der Waals surface area contributed by atoms with E-state index in [1.54, 1.807) is 6.07 Å². The van der Waals surface area contributed by atoms with E-state index in [1.807, 2.05) is 37.2 Å². The molecule has 0 bridgehead atoms. The summed E-state index contributed by atoms with van der Waals surface area (Å²) in [5, 5.41) is 0. The standard InChI is InChI=1S/C23H30FN5/c1-4-16(2)22-27-21(8-13-28(22)3)29-12-5-6-20(29)18-14-17(24)15-26-19(18)7-9-23(25)10-11-23/h4,8,13-15,20H,1,5-7,9-12,25H2,2-3H3/b22-16-. The number of amidine groups is 1. The number of likely N-dealkylation sites (tertiary alicyclic amines) is 1. The van der Waals surface area contributed by atoms with Crippen LogP contribution in [-0.2, 0) is 6.42 Å². The van der Waals surface area contributed by atoms with Crippen LogP contribution in [0.5, 0.6) is 0 Å². The smallest absolute Gasteiger partial charge is 0.141 e. The molecule has 1 unspecified atom stereocenters. The van der Waals surface area contributed by atoms with Crippen molar-refractivity contribution < 1.29 is 4.39 Å². The number of aromatic nitrogens is 1. The molecular formula is C23H30FN5. The van der Waals surface area contributed by atoms with E-state index in [1.165, 1.54) is 6.20 Å². The summed E-state index contributed by atoms with van der Waals surface area (Å²) in [6, 6.07) is 1.74. The first-order valence-corrected chi connectivity index (χ1v) is 10.4.